The van der Waals surface area contributed by atoms with Gasteiger partial charge >= 0.3 is 12.4 Å². The molecule has 0 N–H and O–H groups in total. The van der Waals surface area contributed by atoms with Gasteiger partial charge in [-0.05, 0) is 17.2 Å². The van der Waals surface area contributed by atoms with Gasteiger partial charge in [0, 0.05) is 69.3 Å². The van der Waals surface area contributed by atoms with E-state index in [-0.39, 0.29) is 22.3 Å². The van der Waals surface area contributed by atoms with E-state index in [1.165, 1.54) is 0 Å². The van der Waals surface area contributed by atoms with Gasteiger partial charge in [-0.1, -0.05) is 0 Å². The molecule has 2 aliphatic carbocycles. The van der Waals surface area contributed by atoms with E-state index in [1.807, 2.05) is 0 Å². The first-order valence-electron chi connectivity index (χ1n) is 12.3. The van der Waals surface area contributed by atoms with Gasteiger partial charge in [0.2, 0.25) is 11.6 Å². The lowest BCUT2D eigenvalue weighted by atomic mass is 9.89. The second kappa shape index (κ2) is 11.1. The number of hydrogen-bond donors (Lipinski definition) is 0. The summed E-state index contributed by atoms with van der Waals surface area (Å²) in [6.45, 7) is 0. The number of benzene rings is 1. The molecule has 2 heterocycles. The van der Waals surface area contributed by atoms with Crippen LogP contribution in [0.2, 0.25) is 0 Å². The number of alkyl halides is 6. The SMILES string of the molecule is N#CC(C#N)=C1C(c2cnc(C(F)(F)F)nc2)=C(C#N)c2c1cc1c(c2F)C(C#N)=C(c2cnc(C(F)(F)F)nc2)C1=C(C#N)C#N. The Balaban J connectivity index is 1.91. The van der Waals surface area contributed by atoms with Crippen molar-refractivity contribution in [3.63, 3.8) is 0 Å². The zero-order chi connectivity index (χ0) is 34.4. The molecule has 224 valence electrons. The third-order valence-electron chi connectivity index (χ3n) is 6.86. The van der Waals surface area contributed by atoms with Crippen LogP contribution in [0.15, 0.2) is 42.0 Å². The Kier molecular flexibility index (Phi) is 7.34. The largest absolute Gasteiger partial charge is 0.451 e. The fourth-order valence-electron chi connectivity index (χ4n) is 5.10. The molecule has 0 fully saturated rings. The van der Waals surface area contributed by atoms with Crippen LogP contribution in [-0.4, -0.2) is 19.9 Å². The molecule has 0 aliphatic heterocycles. The minimum Gasteiger partial charge on any atom is -0.232 e. The molecule has 0 saturated carbocycles. The summed E-state index contributed by atoms with van der Waals surface area (Å²) in [6, 6.07) is 10.7. The number of allylic oxidation sites excluding steroid dienone is 8. The minimum atomic E-state index is -4.96. The predicted octanol–water partition coefficient (Wildman–Crippen LogP) is 5.94. The van der Waals surface area contributed by atoms with Crippen LogP contribution in [0.3, 0.4) is 0 Å². The fraction of sp³-hybridized carbons (Fsp3) is 0.0667. The van der Waals surface area contributed by atoms with Crippen molar-refractivity contribution in [3.8, 4) is 36.4 Å². The van der Waals surface area contributed by atoms with Crippen LogP contribution in [0.1, 0.15) is 45.0 Å². The first-order valence-corrected chi connectivity index (χ1v) is 12.3. The number of nitrogens with zero attached hydrogens (tertiary/aromatic N) is 10. The molecule has 2 aliphatic rings. The third kappa shape index (κ3) is 4.78. The molecule has 1 aromatic carbocycles. The van der Waals surface area contributed by atoms with Gasteiger partial charge in [-0.2, -0.15) is 57.9 Å². The molecule has 0 saturated heterocycles. The zero-order valence-corrected chi connectivity index (χ0v) is 22.5. The molecule has 10 nitrogen and oxygen atoms in total. The van der Waals surface area contributed by atoms with Gasteiger partial charge in [0.15, 0.2) is 0 Å². The van der Waals surface area contributed by atoms with E-state index in [2.05, 4.69) is 19.9 Å². The normalized spacial score (nSPS) is 13.5. The van der Waals surface area contributed by atoms with Crippen molar-refractivity contribution in [2.24, 2.45) is 0 Å². The van der Waals surface area contributed by atoms with E-state index in [9.17, 15) is 57.9 Å². The Morgan fingerprint density at radius 3 is 1.13 bits per heavy atom. The summed E-state index contributed by atoms with van der Waals surface area (Å²) in [5, 5.41) is 59.3. The van der Waals surface area contributed by atoms with Gasteiger partial charge in [-0.25, -0.2) is 24.3 Å². The summed E-state index contributed by atoms with van der Waals surface area (Å²) in [5.74, 6) is -4.48. The Labute approximate surface area is 257 Å². The average molecular weight is 638 g/mol. The first kappa shape index (κ1) is 31.2. The van der Waals surface area contributed by atoms with Gasteiger partial charge in [0.1, 0.15) is 53.4 Å². The molecule has 0 atom stereocenters. The third-order valence-corrected chi connectivity index (χ3v) is 6.86. The highest BCUT2D eigenvalue weighted by atomic mass is 19.4. The highest BCUT2D eigenvalue weighted by Gasteiger charge is 2.42. The van der Waals surface area contributed by atoms with Crippen LogP contribution in [0.5, 0.6) is 0 Å². The quantitative estimate of drug-likeness (QED) is 0.239. The van der Waals surface area contributed by atoms with Crippen LogP contribution >= 0.6 is 0 Å². The Bertz CT molecular complexity index is 2120. The lowest BCUT2D eigenvalue weighted by Crippen LogP contribution is -2.10. The highest BCUT2D eigenvalue weighted by Crippen LogP contribution is 2.55. The summed E-state index contributed by atoms with van der Waals surface area (Å²) >= 11 is 0. The van der Waals surface area contributed by atoms with Crippen LogP contribution in [-0.2, 0) is 12.4 Å². The van der Waals surface area contributed by atoms with Crippen molar-refractivity contribution in [2.75, 3.05) is 0 Å². The first-order chi connectivity index (χ1) is 22.3. The number of halogens is 7. The molecule has 5 rings (SSSR count). The molecule has 2 aromatic heterocycles. The van der Waals surface area contributed by atoms with Crippen molar-refractivity contribution in [1.82, 2.24) is 19.9 Å². The summed E-state index contributed by atoms with van der Waals surface area (Å²) in [5.41, 5.74) is -6.94. The Hall–Kier alpha value is -7.21. The number of aromatic nitrogens is 4. The second-order valence-corrected chi connectivity index (χ2v) is 9.29. The summed E-state index contributed by atoms with van der Waals surface area (Å²) < 4.78 is 95.6. The van der Waals surface area contributed by atoms with Crippen molar-refractivity contribution in [1.29, 1.82) is 31.6 Å². The molecule has 17 heteroatoms. The van der Waals surface area contributed by atoms with Gasteiger partial charge < -0.3 is 0 Å². The maximum Gasteiger partial charge on any atom is 0.451 e. The number of rotatable bonds is 2. The maximum atomic E-state index is 16.7. The molecule has 0 unspecified atom stereocenters. The van der Waals surface area contributed by atoms with E-state index < -0.39 is 85.5 Å². The number of fused-ring (bicyclic) bond motifs is 2. The van der Waals surface area contributed by atoms with Gasteiger partial charge in [0.05, 0.1) is 11.1 Å². The van der Waals surface area contributed by atoms with Gasteiger partial charge in [-0.15, -0.1) is 0 Å². The van der Waals surface area contributed by atoms with E-state index >= 15 is 4.39 Å². The molecular formula is C30H5F7N10. The molecule has 0 amide bonds. The van der Waals surface area contributed by atoms with E-state index in [1.54, 1.807) is 36.4 Å². The number of nitriles is 6. The molecule has 0 spiro atoms. The fourth-order valence-corrected chi connectivity index (χ4v) is 5.10. The van der Waals surface area contributed by atoms with Gasteiger partial charge in [0.25, 0.3) is 0 Å². The van der Waals surface area contributed by atoms with E-state index in [0.29, 0.717) is 24.8 Å². The average Bonchev–Trinajstić information content (AvgIpc) is 3.55. The van der Waals surface area contributed by atoms with Crippen molar-refractivity contribution >= 4 is 33.4 Å². The van der Waals surface area contributed by atoms with E-state index in [4.69, 9.17) is 0 Å². The van der Waals surface area contributed by atoms with Gasteiger partial charge in [-0.3, -0.25) is 0 Å². The van der Waals surface area contributed by atoms with Crippen molar-refractivity contribution in [3.05, 3.63) is 92.8 Å². The van der Waals surface area contributed by atoms with Crippen molar-refractivity contribution in [2.45, 2.75) is 12.4 Å². The lowest BCUT2D eigenvalue weighted by Gasteiger charge is -2.12. The molecule has 0 bridgehead atoms. The van der Waals surface area contributed by atoms with Crippen LogP contribution < -0.4 is 0 Å². The predicted molar refractivity (Wildman–Crippen MR) is 142 cm³/mol. The molecule has 0 radical (unpaired) electrons. The zero-order valence-electron chi connectivity index (χ0n) is 22.5. The van der Waals surface area contributed by atoms with Crippen LogP contribution in [0.4, 0.5) is 30.7 Å². The van der Waals surface area contributed by atoms with Crippen molar-refractivity contribution < 1.29 is 30.7 Å². The lowest BCUT2D eigenvalue weighted by molar-refractivity contribution is -0.145. The summed E-state index contributed by atoms with van der Waals surface area (Å²) in [4.78, 5) is 12.9. The molecule has 3 aromatic rings. The smallest absolute Gasteiger partial charge is 0.232 e. The van der Waals surface area contributed by atoms with Crippen LogP contribution in [0.25, 0.3) is 33.4 Å². The minimum absolute atomic E-state index is 0.326. The summed E-state index contributed by atoms with van der Waals surface area (Å²) in [6.07, 6.45) is -7.35. The Morgan fingerprint density at radius 2 is 0.872 bits per heavy atom. The topological polar surface area (TPSA) is 194 Å². The van der Waals surface area contributed by atoms with Crippen LogP contribution in [0, 0.1) is 73.8 Å². The Morgan fingerprint density at radius 1 is 0.553 bits per heavy atom. The molecular weight excluding hydrogens is 633 g/mol. The highest BCUT2D eigenvalue weighted by molar-refractivity contribution is 6.29. The number of hydrogen-bond acceptors (Lipinski definition) is 10. The second-order valence-electron chi connectivity index (χ2n) is 9.29. The molecule has 47 heavy (non-hydrogen) atoms. The van der Waals surface area contributed by atoms with E-state index in [0.717, 1.165) is 6.07 Å². The maximum absolute atomic E-state index is 16.7. The summed E-state index contributed by atoms with van der Waals surface area (Å²) in [7, 11) is 0. The monoisotopic (exact) mass is 638 g/mol. The standard InChI is InChI=1S/C30H5F7N10/c31-26-24-16(20(12(2-38)3-39)22(18(24)6-42)14-8-44-27(45-9-14)29(32,33)34)1-17-21(13(4-40)5-41)23(19(7-43)25(17)26)15-10-46-28(47-11-15)30(35,36)37/h1,8-11H.